The number of carbonyl (C=O) groups is 1. The zero-order chi connectivity index (χ0) is 13.4. The van der Waals surface area contributed by atoms with Gasteiger partial charge >= 0.3 is 0 Å². The van der Waals surface area contributed by atoms with Crippen LogP contribution in [0, 0.1) is 0 Å². The topological polar surface area (TPSA) is 81.3 Å². The molecule has 0 aliphatic rings. The van der Waals surface area contributed by atoms with E-state index in [1.807, 2.05) is 0 Å². The molecule has 0 fully saturated rings. The van der Waals surface area contributed by atoms with Gasteiger partial charge in [0, 0.05) is 37.1 Å². The quantitative estimate of drug-likeness (QED) is 0.748. The molecule has 0 aliphatic heterocycles. The monoisotopic (exact) mass is 275 g/mol. The third-order valence-electron chi connectivity index (χ3n) is 2.54. The smallest absolute Gasteiger partial charge is 0.271 e. The summed E-state index contributed by atoms with van der Waals surface area (Å²) in [5.74, 6) is -0.126. The molecular formula is C11H9N5O2S. The highest BCUT2D eigenvalue weighted by atomic mass is 32.1. The fourth-order valence-corrected chi connectivity index (χ4v) is 2.32. The van der Waals surface area contributed by atoms with Crippen LogP contribution in [0.3, 0.4) is 0 Å². The van der Waals surface area contributed by atoms with Gasteiger partial charge < -0.3 is 5.32 Å². The first-order valence-electron chi connectivity index (χ1n) is 5.41. The molecule has 0 unspecified atom stereocenters. The summed E-state index contributed by atoms with van der Waals surface area (Å²) >= 11 is 1.33. The predicted octanol–water partition coefficient (Wildman–Crippen LogP) is 0.742. The Balaban J connectivity index is 1.97. The molecule has 1 N–H and O–H groups in total. The van der Waals surface area contributed by atoms with E-state index in [1.54, 1.807) is 35.6 Å². The molecule has 19 heavy (non-hydrogen) atoms. The van der Waals surface area contributed by atoms with Crippen LogP contribution in [-0.2, 0) is 7.05 Å². The second-order valence-electron chi connectivity index (χ2n) is 3.86. The van der Waals surface area contributed by atoms with Gasteiger partial charge in [-0.2, -0.15) is 5.10 Å². The Morgan fingerprint density at radius 2 is 2.26 bits per heavy atom. The Morgan fingerprint density at radius 1 is 1.42 bits per heavy atom. The van der Waals surface area contributed by atoms with Crippen LogP contribution in [0.1, 0.15) is 10.4 Å². The number of thiazole rings is 1. The first-order valence-corrected chi connectivity index (χ1v) is 6.29. The summed E-state index contributed by atoms with van der Waals surface area (Å²) in [5, 5.41) is 8.31. The molecular weight excluding hydrogens is 266 g/mol. The second kappa shape index (κ2) is 4.32. The minimum atomic E-state index is -0.517. The third kappa shape index (κ3) is 2.02. The molecule has 96 valence electrons. The van der Waals surface area contributed by atoms with Crippen LogP contribution in [0.2, 0.25) is 0 Å². The highest BCUT2D eigenvalue weighted by Gasteiger charge is 2.14. The van der Waals surface area contributed by atoms with Crippen molar-refractivity contribution in [1.29, 1.82) is 0 Å². The van der Waals surface area contributed by atoms with Gasteiger partial charge in [0.2, 0.25) is 0 Å². The molecule has 3 aromatic rings. The number of hydrogen-bond donors (Lipinski definition) is 1. The molecule has 1 amide bonds. The van der Waals surface area contributed by atoms with E-state index >= 15 is 0 Å². The molecule has 0 saturated carbocycles. The molecule has 3 rings (SSSR count). The normalized spacial score (nSPS) is 10.8. The second-order valence-corrected chi connectivity index (χ2v) is 4.73. The van der Waals surface area contributed by atoms with Crippen molar-refractivity contribution in [3.63, 3.8) is 0 Å². The predicted molar refractivity (Wildman–Crippen MR) is 70.5 cm³/mol. The van der Waals surface area contributed by atoms with Crippen molar-refractivity contribution in [2.24, 2.45) is 7.05 Å². The first-order chi connectivity index (χ1) is 9.15. The summed E-state index contributed by atoms with van der Waals surface area (Å²) in [6, 6.07) is 1.64. The van der Waals surface area contributed by atoms with E-state index in [1.165, 1.54) is 21.9 Å². The van der Waals surface area contributed by atoms with Crippen LogP contribution in [0.15, 0.2) is 34.8 Å². The van der Waals surface area contributed by atoms with E-state index in [0.29, 0.717) is 10.8 Å². The number of amides is 1. The molecule has 8 heteroatoms. The Bertz CT molecular complexity index is 816. The number of aryl methyl sites for hydroxylation is 1. The highest BCUT2D eigenvalue weighted by Crippen LogP contribution is 2.07. The van der Waals surface area contributed by atoms with Crippen LogP contribution in [0.5, 0.6) is 0 Å². The summed E-state index contributed by atoms with van der Waals surface area (Å²) < 4.78 is 2.90. The van der Waals surface area contributed by atoms with Gasteiger partial charge in [-0.1, -0.05) is 0 Å². The minimum absolute atomic E-state index is 0.0125. The SMILES string of the molecule is Cn1ccc(NC(=O)c2cnc3sccn3c2=O)n1. The van der Waals surface area contributed by atoms with Crippen molar-refractivity contribution in [1.82, 2.24) is 19.2 Å². The molecule has 7 nitrogen and oxygen atoms in total. The maximum Gasteiger partial charge on any atom is 0.271 e. The maximum absolute atomic E-state index is 12.1. The summed E-state index contributed by atoms with van der Waals surface area (Å²) in [5.41, 5.74) is -0.402. The summed E-state index contributed by atoms with van der Waals surface area (Å²) in [6.07, 6.45) is 4.57. The molecule has 0 aliphatic carbocycles. The summed E-state index contributed by atoms with van der Waals surface area (Å²) in [7, 11) is 1.74. The van der Waals surface area contributed by atoms with Crippen molar-refractivity contribution in [2.45, 2.75) is 0 Å². The van der Waals surface area contributed by atoms with E-state index in [0.717, 1.165) is 0 Å². The van der Waals surface area contributed by atoms with Gasteiger partial charge in [-0.3, -0.25) is 18.7 Å². The van der Waals surface area contributed by atoms with Crippen LogP contribution in [0.4, 0.5) is 5.82 Å². The van der Waals surface area contributed by atoms with Gasteiger partial charge in [0.1, 0.15) is 5.56 Å². The average molecular weight is 275 g/mol. The van der Waals surface area contributed by atoms with Gasteiger partial charge in [0.05, 0.1) is 0 Å². The number of nitrogens with zero attached hydrogens (tertiary/aromatic N) is 4. The van der Waals surface area contributed by atoms with Crippen molar-refractivity contribution >= 4 is 28.0 Å². The van der Waals surface area contributed by atoms with Crippen LogP contribution in [0.25, 0.3) is 4.96 Å². The van der Waals surface area contributed by atoms with Crippen LogP contribution < -0.4 is 10.9 Å². The lowest BCUT2D eigenvalue weighted by atomic mass is 10.3. The van der Waals surface area contributed by atoms with Gasteiger partial charge in [-0.25, -0.2) is 4.98 Å². The number of anilines is 1. The van der Waals surface area contributed by atoms with Crippen LogP contribution >= 0.6 is 11.3 Å². The van der Waals surface area contributed by atoms with E-state index in [-0.39, 0.29) is 11.1 Å². The lowest BCUT2D eigenvalue weighted by Gasteiger charge is -2.01. The van der Waals surface area contributed by atoms with Crippen molar-refractivity contribution in [2.75, 3.05) is 5.32 Å². The average Bonchev–Trinajstić information content (AvgIpc) is 2.99. The number of hydrogen-bond acceptors (Lipinski definition) is 5. The van der Waals surface area contributed by atoms with Gasteiger partial charge in [0.15, 0.2) is 10.8 Å². The van der Waals surface area contributed by atoms with E-state index < -0.39 is 5.91 Å². The fourth-order valence-electron chi connectivity index (χ4n) is 1.65. The highest BCUT2D eigenvalue weighted by molar-refractivity contribution is 7.15. The van der Waals surface area contributed by atoms with Crippen molar-refractivity contribution in [3.05, 3.63) is 46.0 Å². The summed E-state index contributed by atoms with van der Waals surface area (Å²) in [4.78, 5) is 28.7. The van der Waals surface area contributed by atoms with E-state index in [9.17, 15) is 9.59 Å². The van der Waals surface area contributed by atoms with Gasteiger partial charge in [-0.05, 0) is 0 Å². The molecule has 0 radical (unpaired) electrons. The molecule has 0 bridgehead atoms. The number of nitrogens with one attached hydrogen (secondary N) is 1. The molecule has 3 aromatic heterocycles. The lowest BCUT2D eigenvalue weighted by molar-refractivity contribution is 0.102. The molecule has 3 heterocycles. The number of carbonyl (C=O) groups excluding carboxylic acids is 1. The third-order valence-corrected chi connectivity index (χ3v) is 3.31. The molecule has 0 saturated heterocycles. The zero-order valence-corrected chi connectivity index (χ0v) is 10.7. The Kier molecular flexibility index (Phi) is 2.64. The Morgan fingerprint density at radius 3 is 3.00 bits per heavy atom. The number of aromatic nitrogens is 4. The Hall–Kier alpha value is -2.48. The molecule has 0 spiro atoms. The lowest BCUT2D eigenvalue weighted by Crippen LogP contribution is -2.26. The summed E-state index contributed by atoms with van der Waals surface area (Å²) in [6.45, 7) is 0. The maximum atomic E-state index is 12.1. The van der Waals surface area contributed by atoms with Gasteiger partial charge in [0.25, 0.3) is 11.5 Å². The van der Waals surface area contributed by atoms with Crippen LogP contribution in [-0.4, -0.2) is 25.1 Å². The number of rotatable bonds is 2. The van der Waals surface area contributed by atoms with E-state index in [2.05, 4.69) is 15.4 Å². The minimum Gasteiger partial charge on any atom is -0.305 e. The molecule has 0 aromatic carbocycles. The standard InChI is InChI=1S/C11H9N5O2S/c1-15-3-2-8(14-15)13-9(17)7-6-12-11-16(10(7)18)4-5-19-11/h2-6H,1H3,(H,13,14,17). The van der Waals surface area contributed by atoms with Crippen molar-refractivity contribution in [3.8, 4) is 0 Å². The fraction of sp³-hybridized carbons (Fsp3) is 0.0909. The molecule has 0 atom stereocenters. The van der Waals surface area contributed by atoms with Gasteiger partial charge in [-0.15, -0.1) is 11.3 Å². The first kappa shape index (κ1) is 11.6. The Labute approximate surface area is 111 Å². The number of fused-ring (bicyclic) bond motifs is 1. The van der Waals surface area contributed by atoms with Crippen molar-refractivity contribution < 1.29 is 4.79 Å². The largest absolute Gasteiger partial charge is 0.305 e. The zero-order valence-electron chi connectivity index (χ0n) is 9.90. The van der Waals surface area contributed by atoms with E-state index in [4.69, 9.17) is 0 Å².